The molecule has 22 heavy (non-hydrogen) atoms. The average Bonchev–Trinajstić information content (AvgIpc) is 2.49. The smallest absolute Gasteiger partial charge is 0.191 e. The summed E-state index contributed by atoms with van der Waals surface area (Å²) in [5.41, 5.74) is 0. The van der Waals surface area contributed by atoms with Gasteiger partial charge in [0.2, 0.25) is 0 Å². The zero-order valence-electron chi connectivity index (χ0n) is 14.6. The second-order valence-electron chi connectivity index (χ2n) is 5.92. The number of nitrogens with zero attached hydrogens (tertiary/aromatic N) is 2. The van der Waals surface area contributed by atoms with Gasteiger partial charge in [0.25, 0.3) is 0 Å². The van der Waals surface area contributed by atoms with Crippen molar-refractivity contribution in [3.63, 3.8) is 0 Å². The van der Waals surface area contributed by atoms with E-state index in [-0.39, 0.29) is 24.0 Å². The third kappa shape index (κ3) is 10.4. The summed E-state index contributed by atoms with van der Waals surface area (Å²) in [6.45, 7) is 13.0. The highest BCUT2D eigenvalue weighted by Gasteiger charge is 2.14. The van der Waals surface area contributed by atoms with Crippen LogP contribution in [0.25, 0.3) is 0 Å². The van der Waals surface area contributed by atoms with Crippen molar-refractivity contribution in [3.8, 4) is 0 Å². The first kappa shape index (κ1) is 21.7. The molecule has 0 spiro atoms. The summed E-state index contributed by atoms with van der Waals surface area (Å²) in [6, 6.07) is 0. The molecule has 1 heterocycles. The molecule has 4 nitrogen and oxygen atoms in total. The lowest BCUT2D eigenvalue weighted by molar-refractivity contribution is 0.192. The number of hydrogen-bond acceptors (Lipinski definition) is 2. The Labute approximate surface area is 154 Å². The van der Waals surface area contributed by atoms with E-state index in [0.29, 0.717) is 0 Å². The van der Waals surface area contributed by atoms with Gasteiger partial charge in [-0.3, -0.25) is 4.99 Å². The molecule has 0 radical (unpaired) electrons. The Hall–Kier alpha value is -0.300. The number of likely N-dealkylation sites (tertiary alicyclic amines) is 1. The second-order valence-corrected chi connectivity index (χ2v) is 5.92. The van der Waals surface area contributed by atoms with E-state index in [2.05, 4.69) is 53.4 Å². The SMILES string of the molecule is C/C=C/CCNC(=NCCCN1CCC(C)CC1)NCC.I. The summed E-state index contributed by atoms with van der Waals surface area (Å²) in [5.74, 6) is 1.87. The van der Waals surface area contributed by atoms with Gasteiger partial charge in [-0.05, 0) is 65.1 Å². The van der Waals surface area contributed by atoms with Crippen molar-refractivity contribution in [1.82, 2.24) is 15.5 Å². The molecule has 0 bridgehead atoms. The Bertz CT molecular complexity index is 310. The highest BCUT2D eigenvalue weighted by Crippen LogP contribution is 2.15. The van der Waals surface area contributed by atoms with Crippen LogP contribution in [0.4, 0.5) is 0 Å². The maximum Gasteiger partial charge on any atom is 0.191 e. The Kier molecular flexibility index (Phi) is 14.1. The third-order valence-electron chi connectivity index (χ3n) is 3.96. The van der Waals surface area contributed by atoms with Crippen molar-refractivity contribution < 1.29 is 0 Å². The first-order valence-electron chi connectivity index (χ1n) is 8.62. The summed E-state index contributed by atoms with van der Waals surface area (Å²) in [6.07, 6.45) is 9.18. The molecule has 0 aromatic heterocycles. The number of rotatable bonds is 8. The highest BCUT2D eigenvalue weighted by atomic mass is 127. The molecule has 0 amide bonds. The lowest BCUT2D eigenvalue weighted by Crippen LogP contribution is -2.38. The molecular formula is C17H35IN4. The number of aliphatic imine (C=N–C) groups is 1. The minimum absolute atomic E-state index is 0. The largest absolute Gasteiger partial charge is 0.357 e. The summed E-state index contributed by atoms with van der Waals surface area (Å²) >= 11 is 0. The van der Waals surface area contributed by atoms with Crippen LogP contribution in [0.3, 0.4) is 0 Å². The summed E-state index contributed by atoms with van der Waals surface area (Å²) in [5, 5.41) is 6.68. The van der Waals surface area contributed by atoms with Gasteiger partial charge in [-0.1, -0.05) is 19.1 Å². The van der Waals surface area contributed by atoms with Gasteiger partial charge in [-0.15, -0.1) is 24.0 Å². The van der Waals surface area contributed by atoms with E-state index in [1.165, 1.54) is 32.5 Å². The zero-order valence-corrected chi connectivity index (χ0v) is 16.9. The molecule has 0 aromatic carbocycles. The van der Waals surface area contributed by atoms with Crippen molar-refractivity contribution in [2.24, 2.45) is 10.9 Å². The Morgan fingerprint density at radius 2 is 2.00 bits per heavy atom. The fourth-order valence-corrected chi connectivity index (χ4v) is 2.55. The predicted molar refractivity (Wildman–Crippen MR) is 108 cm³/mol. The van der Waals surface area contributed by atoms with Gasteiger partial charge < -0.3 is 15.5 Å². The first-order valence-corrected chi connectivity index (χ1v) is 8.62. The second kappa shape index (κ2) is 14.3. The fraction of sp³-hybridized carbons (Fsp3) is 0.824. The highest BCUT2D eigenvalue weighted by molar-refractivity contribution is 14.0. The molecule has 1 fully saturated rings. The quantitative estimate of drug-likeness (QED) is 0.207. The molecule has 5 heteroatoms. The number of allylic oxidation sites excluding steroid dienone is 1. The van der Waals surface area contributed by atoms with Gasteiger partial charge >= 0.3 is 0 Å². The van der Waals surface area contributed by atoms with Gasteiger partial charge in [0.1, 0.15) is 0 Å². The van der Waals surface area contributed by atoms with Crippen LogP contribution in [0.1, 0.15) is 46.5 Å². The summed E-state index contributed by atoms with van der Waals surface area (Å²) in [4.78, 5) is 7.24. The number of nitrogens with one attached hydrogen (secondary N) is 2. The molecule has 1 saturated heterocycles. The Morgan fingerprint density at radius 3 is 2.64 bits per heavy atom. The molecule has 1 aliphatic heterocycles. The zero-order chi connectivity index (χ0) is 15.3. The Balaban J connectivity index is 0.00000441. The van der Waals surface area contributed by atoms with Crippen LogP contribution in [0.2, 0.25) is 0 Å². The lowest BCUT2D eigenvalue weighted by atomic mass is 9.99. The van der Waals surface area contributed by atoms with E-state index >= 15 is 0 Å². The fourth-order valence-electron chi connectivity index (χ4n) is 2.55. The summed E-state index contributed by atoms with van der Waals surface area (Å²) < 4.78 is 0. The van der Waals surface area contributed by atoms with Gasteiger partial charge in [-0.2, -0.15) is 0 Å². The molecule has 0 saturated carbocycles. The Morgan fingerprint density at radius 1 is 1.27 bits per heavy atom. The minimum Gasteiger partial charge on any atom is -0.357 e. The molecule has 1 aliphatic rings. The third-order valence-corrected chi connectivity index (χ3v) is 3.96. The topological polar surface area (TPSA) is 39.7 Å². The van der Waals surface area contributed by atoms with E-state index in [4.69, 9.17) is 0 Å². The van der Waals surface area contributed by atoms with Crippen molar-refractivity contribution in [2.75, 3.05) is 39.3 Å². The predicted octanol–water partition coefficient (Wildman–Crippen LogP) is 3.25. The van der Waals surface area contributed by atoms with Gasteiger partial charge in [-0.25, -0.2) is 0 Å². The molecule has 0 unspecified atom stereocenters. The van der Waals surface area contributed by atoms with Crippen molar-refractivity contribution in [1.29, 1.82) is 0 Å². The van der Waals surface area contributed by atoms with Crippen molar-refractivity contribution in [3.05, 3.63) is 12.2 Å². The molecule has 0 aromatic rings. The van der Waals surface area contributed by atoms with Crippen LogP contribution in [0.5, 0.6) is 0 Å². The normalized spacial score (nSPS) is 17.5. The monoisotopic (exact) mass is 422 g/mol. The number of guanidine groups is 1. The first-order chi connectivity index (χ1) is 10.3. The molecular weight excluding hydrogens is 387 g/mol. The van der Waals surface area contributed by atoms with Crippen molar-refractivity contribution >= 4 is 29.9 Å². The van der Waals surface area contributed by atoms with Crippen LogP contribution in [0.15, 0.2) is 17.1 Å². The van der Waals surface area contributed by atoms with Crippen LogP contribution in [0, 0.1) is 5.92 Å². The molecule has 0 aliphatic carbocycles. The van der Waals surface area contributed by atoms with E-state index in [1.807, 2.05) is 0 Å². The molecule has 2 N–H and O–H groups in total. The average molecular weight is 422 g/mol. The number of hydrogen-bond donors (Lipinski definition) is 2. The van der Waals surface area contributed by atoms with Crippen molar-refractivity contribution in [2.45, 2.75) is 46.5 Å². The molecule has 0 atom stereocenters. The van der Waals surface area contributed by atoms with Crippen LogP contribution in [-0.4, -0.2) is 50.1 Å². The number of piperidine rings is 1. The number of halogens is 1. The van der Waals surface area contributed by atoms with E-state index in [1.54, 1.807) is 0 Å². The van der Waals surface area contributed by atoms with E-state index < -0.39 is 0 Å². The lowest BCUT2D eigenvalue weighted by Gasteiger charge is -2.29. The minimum atomic E-state index is 0. The van der Waals surface area contributed by atoms with Gasteiger partial charge in [0.05, 0.1) is 0 Å². The van der Waals surface area contributed by atoms with Crippen LogP contribution < -0.4 is 10.6 Å². The molecule has 130 valence electrons. The standard InChI is InChI=1S/C17H34N4.HI/c1-4-6-7-11-19-17(18-5-2)20-12-8-13-21-14-9-16(3)10-15-21;/h4,6,16H,5,7-15H2,1-3H3,(H2,18,19,20);1H/b6-4+;. The summed E-state index contributed by atoms with van der Waals surface area (Å²) in [7, 11) is 0. The molecule has 1 rings (SSSR count). The van der Waals surface area contributed by atoms with Crippen LogP contribution in [-0.2, 0) is 0 Å². The van der Waals surface area contributed by atoms with Gasteiger partial charge in [0, 0.05) is 19.6 Å². The van der Waals surface area contributed by atoms with E-state index in [9.17, 15) is 0 Å². The van der Waals surface area contributed by atoms with E-state index in [0.717, 1.165) is 44.4 Å². The van der Waals surface area contributed by atoms with Gasteiger partial charge in [0.15, 0.2) is 5.96 Å². The maximum atomic E-state index is 4.65. The maximum absolute atomic E-state index is 4.65. The van der Waals surface area contributed by atoms with Crippen LogP contribution >= 0.6 is 24.0 Å².